The lowest BCUT2D eigenvalue weighted by molar-refractivity contribution is 0.387. The summed E-state index contributed by atoms with van der Waals surface area (Å²) < 4.78 is 81.2. The third kappa shape index (κ3) is 6.96. The third-order valence-corrected chi connectivity index (χ3v) is 9.74. The Kier molecular flexibility index (Phi) is 9.17. The Morgan fingerprint density at radius 2 is 1.19 bits per heavy atom. The van der Waals surface area contributed by atoms with E-state index < -0.39 is 82.3 Å². The standard InChI is InChI=1S/C22H14Br2ClN4O11PS2/c23-11-2-1-3-12(24)18(11)27-29-20-16(43(38,39)40)7-9-6-15(42(35,36)37)19(21(30)17(9)22(20)31)28-26-13-5-4-10(25)8-14(13)41(32,33)34/h1-8,30-31H,(H2,32,33,34)(H,35,36,37)(H,38,39,40). The summed E-state index contributed by atoms with van der Waals surface area (Å²) in [5, 5.41) is 34.9. The van der Waals surface area contributed by atoms with Crippen LogP contribution in [-0.4, -0.2) is 45.9 Å². The van der Waals surface area contributed by atoms with E-state index in [1.54, 1.807) is 18.2 Å². The summed E-state index contributed by atoms with van der Waals surface area (Å²) in [5.41, 5.74) is -2.27. The lowest BCUT2D eigenvalue weighted by Crippen LogP contribution is -2.04. The molecule has 0 aliphatic carbocycles. The average Bonchev–Trinajstić information content (AvgIpc) is 2.87. The first-order valence-electron chi connectivity index (χ1n) is 10.9. The number of phenols is 2. The van der Waals surface area contributed by atoms with Crippen molar-refractivity contribution in [1.82, 2.24) is 0 Å². The number of nitrogens with zero attached hydrogens (tertiary/aromatic N) is 4. The van der Waals surface area contributed by atoms with Gasteiger partial charge in [-0.25, -0.2) is 0 Å². The molecular weight excluding hydrogens is 787 g/mol. The van der Waals surface area contributed by atoms with Gasteiger partial charge in [-0.15, -0.1) is 20.5 Å². The van der Waals surface area contributed by atoms with Gasteiger partial charge >= 0.3 is 7.60 Å². The van der Waals surface area contributed by atoms with Gasteiger partial charge in [0.05, 0.1) is 10.7 Å². The molecule has 0 spiro atoms. The van der Waals surface area contributed by atoms with Gasteiger partial charge in [-0.1, -0.05) is 17.7 Å². The third-order valence-electron chi connectivity index (χ3n) is 5.50. The van der Waals surface area contributed by atoms with Gasteiger partial charge in [-0.05, 0) is 79.7 Å². The largest absolute Gasteiger partial charge is 0.505 e. The zero-order chi connectivity index (χ0) is 32.1. The van der Waals surface area contributed by atoms with E-state index in [1.165, 1.54) is 6.07 Å². The topological polar surface area (TPSA) is 256 Å². The van der Waals surface area contributed by atoms with E-state index in [-0.39, 0.29) is 10.7 Å². The average molecular weight is 801 g/mol. The van der Waals surface area contributed by atoms with Crippen LogP contribution < -0.4 is 5.30 Å². The maximum absolute atomic E-state index is 12.2. The number of aromatic hydroxyl groups is 2. The maximum atomic E-state index is 12.2. The van der Waals surface area contributed by atoms with Crippen molar-refractivity contribution in [2.45, 2.75) is 9.79 Å². The van der Waals surface area contributed by atoms with E-state index in [0.29, 0.717) is 21.1 Å². The Labute approximate surface area is 263 Å². The van der Waals surface area contributed by atoms with E-state index in [9.17, 15) is 50.5 Å². The van der Waals surface area contributed by atoms with E-state index in [0.717, 1.165) is 12.1 Å². The summed E-state index contributed by atoms with van der Waals surface area (Å²) in [5.74, 6) is -2.30. The van der Waals surface area contributed by atoms with Gasteiger partial charge in [0.15, 0.2) is 11.5 Å². The van der Waals surface area contributed by atoms with Crippen molar-refractivity contribution >= 4 is 110 Å². The molecular formula is C22H14Br2ClN4O11PS2. The van der Waals surface area contributed by atoms with Crippen molar-refractivity contribution in [3.8, 4) is 11.5 Å². The molecule has 21 heteroatoms. The second-order valence-corrected chi connectivity index (χ2v) is 14.8. The maximum Gasteiger partial charge on any atom is 0.358 e. The molecule has 15 nitrogen and oxygen atoms in total. The fourth-order valence-electron chi connectivity index (χ4n) is 3.65. The minimum atomic E-state index is -5.26. The number of rotatable bonds is 7. The Hall–Kier alpha value is -2.84. The van der Waals surface area contributed by atoms with Crippen LogP contribution in [0.4, 0.5) is 22.7 Å². The van der Waals surface area contributed by atoms with Crippen molar-refractivity contribution in [2.24, 2.45) is 20.5 Å². The van der Waals surface area contributed by atoms with Gasteiger partial charge in [-0.2, -0.15) is 16.8 Å². The smallest absolute Gasteiger partial charge is 0.358 e. The SMILES string of the molecule is O=P(O)(O)c1cc(Cl)ccc1N=Nc1c(S(=O)(=O)O)cc2cc(S(=O)(=O)O)c(N=Nc3c(Br)cccc3Br)c(O)c2c1O. The number of hydrogen-bond donors (Lipinski definition) is 6. The van der Waals surface area contributed by atoms with Crippen LogP contribution in [0, 0.1) is 0 Å². The number of fused-ring (bicyclic) bond motifs is 1. The molecule has 4 rings (SSSR count). The number of benzene rings is 4. The van der Waals surface area contributed by atoms with Gasteiger partial charge in [0.25, 0.3) is 20.2 Å². The quantitative estimate of drug-likeness (QED) is 0.0663. The van der Waals surface area contributed by atoms with E-state index in [2.05, 4.69) is 52.3 Å². The molecule has 0 aliphatic rings. The molecule has 0 saturated heterocycles. The highest BCUT2D eigenvalue weighted by molar-refractivity contribution is 9.11. The minimum absolute atomic E-state index is 0.0831. The summed E-state index contributed by atoms with van der Waals surface area (Å²) in [6, 6.07) is 9.12. The molecule has 0 atom stereocenters. The van der Waals surface area contributed by atoms with Crippen molar-refractivity contribution in [3.05, 3.63) is 62.5 Å². The molecule has 0 amide bonds. The van der Waals surface area contributed by atoms with Crippen LogP contribution in [0.25, 0.3) is 10.8 Å². The zero-order valence-electron chi connectivity index (χ0n) is 20.5. The molecule has 43 heavy (non-hydrogen) atoms. The fourth-order valence-corrected chi connectivity index (χ4v) is 7.10. The summed E-state index contributed by atoms with van der Waals surface area (Å²) >= 11 is 12.3. The second kappa shape index (κ2) is 11.9. The molecule has 0 unspecified atom stereocenters. The van der Waals surface area contributed by atoms with Crippen LogP contribution in [0.1, 0.15) is 0 Å². The Morgan fingerprint density at radius 3 is 1.65 bits per heavy atom. The number of azo groups is 2. The summed E-state index contributed by atoms with van der Waals surface area (Å²) in [6.45, 7) is 0. The molecule has 0 bridgehead atoms. The number of halogens is 3. The van der Waals surface area contributed by atoms with E-state index >= 15 is 0 Å². The molecule has 226 valence electrons. The van der Waals surface area contributed by atoms with Crippen LogP contribution >= 0.6 is 51.1 Å². The molecule has 0 radical (unpaired) electrons. The van der Waals surface area contributed by atoms with Crippen LogP contribution in [-0.2, 0) is 24.8 Å². The number of hydrogen-bond acceptors (Lipinski definition) is 11. The van der Waals surface area contributed by atoms with E-state index in [1.807, 2.05) is 0 Å². The summed E-state index contributed by atoms with van der Waals surface area (Å²) in [4.78, 5) is 17.1. The van der Waals surface area contributed by atoms with Crippen LogP contribution in [0.3, 0.4) is 0 Å². The molecule has 6 N–H and O–H groups in total. The molecule has 4 aromatic carbocycles. The Bertz CT molecular complexity index is 2140. The van der Waals surface area contributed by atoms with Gasteiger partial charge in [0, 0.05) is 14.0 Å². The zero-order valence-corrected chi connectivity index (χ0v) is 27.0. The van der Waals surface area contributed by atoms with Crippen molar-refractivity contribution in [1.29, 1.82) is 0 Å². The predicted molar refractivity (Wildman–Crippen MR) is 160 cm³/mol. The normalized spacial score (nSPS) is 13.0. The van der Waals surface area contributed by atoms with Crippen LogP contribution in [0.5, 0.6) is 11.5 Å². The van der Waals surface area contributed by atoms with Crippen molar-refractivity contribution in [2.75, 3.05) is 0 Å². The van der Waals surface area contributed by atoms with Gasteiger partial charge in [0.1, 0.15) is 32.5 Å². The van der Waals surface area contributed by atoms with Gasteiger partial charge in [0.2, 0.25) is 0 Å². The Morgan fingerprint density at radius 1 is 0.721 bits per heavy atom. The second-order valence-electron chi connectivity index (χ2n) is 8.34. The summed E-state index contributed by atoms with van der Waals surface area (Å²) in [7, 11) is -15.4. The minimum Gasteiger partial charge on any atom is -0.505 e. The first-order valence-corrected chi connectivity index (χ1v) is 17.4. The van der Waals surface area contributed by atoms with Crippen LogP contribution in [0.15, 0.2) is 87.7 Å². The predicted octanol–water partition coefficient (Wildman–Crippen LogP) is 6.56. The molecule has 0 aliphatic heterocycles. The van der Waals surface area contributed by atoms with Gasteiger partial charge in [-0.3, -0.25) is 13.7 Å². The van der Waals surface area contributed by atoms with E-state index in [4.69, 9.17) is 11.6 Å². The first-order chi connectivity index (χ1) is 19.8. The highest BCUT2D eigenvalue weighted by Gasteiger charge is 2.29. The first kappa shape index (κ1) is 33.1. The number of phenolic OH excluding ortho intramolecular Hbond substituents is 2. The Balaban J connectivity index is 2.06. The van der Waals surface area contributed by atoms with Crippen LogP contribution in [0.2, 0.25) is 5.02 Å². The lowest BCUT2D eigenvalue weighted by atomic mass is 10.1. The van der Waals surface area contributed by atoms with Gasteiger partial charge < -0.3 is 20.0 Å². The van der Waals surface area contributed by atoms with Crippen molar-refractivity contribution < 1.29 is 50.5 Å². The lowest BCUT2D eigenvalue weighted by Gasteiger charge is -2.13. The fraction of sp³-hybridized carbons (Fsp3) is 0. The molecule has 0 saturated carbocycles. The molecule has 0 heterocycles. The molecule has 0 aromatic heterocycles. The van der Waals surface area contributed by atoms with Crippen molar-refractivity contribution in [3.63, 3.8) is 0 Å². The highest BCUT2D eigenvalue weighted by atomic mass is 79.9. The molecule has 0 fully saturated rings. The summed E-state index contributed by atoms with van der Waals surface area (Å²) in [6.07, 6.45) is 0. The molecule has 4 aromatic rings. The highest BCUT2D eigenvalue weighted by Crippen LogP contribution is 2.50. The monoisotopic (exact) mass is 798 g/mol.